The molecule has 0 N–H and O–H groups in total. The van der Waals surface area contributed by atoms with Gasteiger partial charge >= 0.3 is 6.09 Å². The Bertz CT molecular complexity index is 627. The summed E-state index contributed by atoms with van der Waals surface area (Å²) in [5, 5.41) is 0.659. The van der Waals surface area contributed by atoms with Crippen LogP contribution in [-0.2, 0) is 16.1 Å². The van der Waals surface area contributed by atoms with Crippen LogP contribution in [0.1, 0.15) is 39.2 Å². The predicted molar refractivity (Wildman–Crippen MR) is 98.5 cm³/mol. The van der Waals surface area contributed by atoms with E-state index in [4.69, 9.17) is 16.3 Å². The summed E-state index contributed by atoms with van der Waals surface area (Å²) in [5.74, 6) is -0.140. The van der Waals surface area contributed by atoms with Gasteiger partial charge in [0.1, 0.15) is 5.60 Å². The van der Waals surface area contributed by atoms with E-state index in [0.29, 0.717) is 24.7 Å². The molecule has 0 spiro atoms. The highest BCUT2D eigenvalue weighted by Crippen LogP contribution is 2.22. The summed E-state index contributed by atoms with van der Waals surface area (Å²) in [7, 11) is 1.79. The van der Waals surface area contributed by atoms with Gasteiger partial charge < -0.3 is 14.5 Å². The van der Waals surface area contributed by atoms with E-state index in [1.165, 1.54) is 0 Å². The van der Waals surface area contributed by atoms with Gasteiger partial charge in [-0.15, -0.1) is 0 Å². The van der Waals surface area contributed by atoms with Gasteiger partial charge in [-0.3, -0.25) is 4.79 Å². The minimum absolute atomic E-state index is 0.0493. The molecule has 2 amide bonds. The number of nitrogens with zero attached hydrogens (tertiary/aromatic N) is 2. The maximum Gasteiger partial charge on any atom is 0.410 e. The van der Waals surface area contributed by atoms with Crippen LogP contribution in [0.25, 0.3) is 0 Å². The van der Waals surface area contributed by atoms with E-state index in [-0.39, 0.29) is 17.9 Å². The second-order valence-corrected chi connectivity index (χ2v) is 8.03. The van der Waals surface area contributed by atoms with Gasteiger partial charge in [-0.05, 0) is 51.3 Å². The first-order valence-electron chi connectivity index (χ1n) is 8.63. The van der Waals surface area contributed by atoms with Crippen LogP contribution in [0.5, 0.6) is 0 Å². The summed E-state index contributed by atoms with van der Waals surface area (Å²) in [4.78, 5) is 28.3. The molecule has 0 radical (unpaired) electrons. The summed E-state index contributed by atoms with van der Waals surface area (Å²) in [5.41, 5.74) is 0.459. The van der Waals surface area contributed by atoms with Crippen molar-refractivity contribution in [1.29, 1.82) is 0 Å². The molecule has 0 saturated carbocycles. The van der Waals surface area contributed by atoms with E-state index in [1.54, 1.807) is 16.8 Å². The number of hydrogen-bond acceptors (Lipinski definition) is 3. The highest BCUT2D eigenvalue weighted by Gasteiger charge is 2.32. The minimum atomic E-state index is -0.530. The molecule has 138 valence electrons. The van der Waals surface area contributed by atoms with Gasteiger partial charge in [0.2, 0.25) is 5.91 Å². The molecule has 1 aromatic carbocycles. The van der Waals surface area contributed by atoms with Crippen LogP contribution in [0.4, 0.5) is 4.79 Å². The van der Waals surface area contributed by atoms with Crippen molar-refractivity contribution in [3.63, 3.8) is 0 Å². The predicted octanol–water partition coefficient (Wildman–Crippen LogP) is 3.95. The molecular weight excluding hydrogens is 340 g/mol. The number of amides is 2. The molecule has 1 aliphatic rings. The number of hydrogen-bond donors (Lipinski definition) is 0. The Balaban J connectivity index is 1.95. The summed E-state index contributed by atoms with van der Waals surface area (Å²) >= 11 is 6.00. The van der Waals surface area contributed by atoms with Crippen molar-refractivity contribution in [2.75, 3.05) is 20.1 Å². The second-order valence-electron chi connectivity index (χ2n) is 7.59. The molecule has 1 aromatic rings. The lowest BCUT2D eigenvalue weighted by Gasteiger charge is -2.35. The van der Waals surface area contributed by atoms with Crippen LogP contribution in [0.2, 0.25) is 5.02 Å². The Labute approximate surface area is 154 Å². The third kappa shape index (κ3) is 5.92. The lowest BCUT2D eigenvalue weighted by atomic mass is 9.96. The maximum absolute atomic E-state index is 12.8. The number of likely N-dealkylation sites (tertiary alicyclic amines) is 1. The average molecular weight is 367 g/mol. The molecule has 0 aromatic heterocycles. The van der Waals surface area contributed by atoms with E-state index in [9.17, 15) is 9.59 Å². The molecule has 0 unspecified atom stereocenters. The standard InChI is InChI=1S/C19H27ClN2O3/c1-19(2,3)25-18(24)22-10-6-8-15(13-22)17(23)21(4)12-14-7-5-9-16(20)11-14/h5,7,9,11,15H,6,8,10,12-13H2,1-4H3/t15-/m0/s1. The number of piperidine rings is 1. The fourth-order valence-corrected chi connectivity index (χ4v) is 3.18. The molecule has 1 atom stereocenters. The Hall–Kier alpha value is -1.75. The van der Waals surface area contributed by atoms with Crippen LogP contribution >= 0.6 is 11.6 Å². The Kier molecular flexibility index (Phi) is 6.33. The van der Waals surface area contributed by atoms with E-state index in [2.05, 4.69) is 0 Å². The Morgan fingerprint density at radius 2 is 2.08 bits per heavy atom. The third-order valence-electron chi connectivity index (χ3n) is 4.11. The molecular formula is C19H27ClN2O3. The molecule has 6 heteroatoms. The summed E-state index contributed by atoms with van der Waals surface area (Å²) in [6.45, 7) is 7.08. The number of benzene rings is 1. The van der Waals surface area contributed by atoms with Crippen molar-refractivity contribution in [2.24, 2.45) is 5.92 Å². The van der Waals surface area contributed by atoms with E-state index in [1.807, 2.05) is 45.0 Å². The molecule has 0 aliphatic carbocycles. The van der Waals surface area contributed by atoms with Crippen LogP contribution in [0, 0.1) is 5.92 Å². The lowest BCUT2D eigenvalue weighted by molar-refractivity contribution is -0.136. The quantitative estimate of drug-likeness (QED) is 0.813. The van der Waals surface area contributed by atoms with Crippen LogP contribution in [0.15, 0.2) is 24.3 Å². The Morgan fingerprint density at radius 1 is 1.36 bits per heavy atom. The molecule has 1 heterocycles. The highest BCUT2D eigenvalue weighted by atomic mass is 35.5. The maximum atomic E-state index is 12.8. The normalized spacial score (nSPS) is 18.0. The van der Waals surface area contributed by atoms with Crippen molar-refractivity contribution >= 4 is 23.6 Å². The fraction of sp³-hybridized carbons (Fsp3) is 0.579. The van der Waals surface area contributed by atoms with E-state index >= 15 is 0 Å². The summed E-state index contributed by atoms with van der Waals surface area (Å²) in [6.07, 6.45) is 1.25. The molecule has 1 aliphatic heterocycles. The highest BCUT2D eigenvalue weighted by molar-refractivity contribution is 6.30. The van der Waals surface area contributed by atoms with Gasteiger partial charge in [0, 0.05) is 31.7 Å². The molecule has 1 saturated heterocycles. The first-order chi connectivity index (χ1) is 11.7. The molecule has 25 heavy (non-hydrogen) atoms. The SMILES string of the molecule is CN(Cc1cccc(Cl)c1)C(=O)[C@H]1CCCN(C(=O)OC(C)(C)C)C1. The van der Waals surface area contributed by atoms with Crippen LogP contribution in [0.3, 0.4) is 0 Å². The summed E-state index contributed by atoms with van der Waals surface area (Å²) in [6, 6.07) is 7.50. The van der Waals surface area contributed by atoms with Crippen molar-refractivity contribution in [1.82, 2.24) is 9.80 Å². The van der Waals surface area contributed by atoms with Gasteiger partial charge in [-0.2, -0.15) is 0 Å². The van der Waals surface area contributed by atoms with Gasteiger partial charge in [-0.25, -0.2) is 4.79 Å². The average Bonchev–Trinajstić information content (AvgIpc) is 2.52. The van der Waals surface area contributed by atoms with E-state index in [0.717, 1.165) is 18.4 Å². The van der Waals surface area contributed by atoms with Crippen molar-refractivity contribution in [3.8, 4) is 0 Å². The van der Waals surface area contributed by atoms with Crippen molar-refractivity contribution in [2.45, 2.75) is 45.8 Å². The fourth-order valence-electron chi connectivity index (χ4n) is 2.97. The first-order valence-corrected chi connectivity index (χ1v) is 9.01. The number of halogens is 1. The monoisotopic (exact) mass is 366 g/mol. The molecule has 5 nitrogen and oxygen atoms in total. The number of carbonyl (C=O) groups excluding carboxylic acids is 2. The van der Waals surface area contributed by atoms with E-state index < -0.39 is 5.60 Å². The van der Waals surface area contributed by atoms with Crippen LogP contribution < -0.4 is 0 Å². The number of ether oxygens (including phenoxy) is 1. The second kappa shape index (κ2) is 8.09. The van der Waals surface area contributed by atoms with Gasteiger partial charge in [0.25, 0.3) is 0 Å². The lowest BCUT2D eigenvalue weighted by Crippen LogP contribution is -2.47. The van der Waals surface area contributed by atoms with Crippen molar-refractivity contribution < 1.29 is 14.3 Å². The Morgan fingerprint density at radius 3 is 2.72 bits per heavy atom. The number of carbonyl (C=O) groups is 2. The smallest absolute Gasteiger partial charge is 0.410 e. The van der Waals surface area contributed by atoms with Gasteiger partial charge in [-0.1, -0.05) is 23.7 Å². The van der Waals surface area contributed by atoms with Gasteiger partial charge in [0.15, 0.2) is 0 Å². The third-order valence-corrected chi connectivity index (χ3v) is 4.34. The number of rotatable bonds is 3. The van der Waals surface area contributed by atoms with Gasteiger partial charge in [0.05, 0.1) is 5.92 Å². The van der Waals surface area contributed by atoms with Crippen LogP contribution in [-0.4, -0.2) is 47.5 Å². The topological polar surface area (TPSA) is 49.9 Å². The molecule has 2 rings (SSSR count). The molecule has 1 fully saturated rings. The molecule has 0 bridgehead atoms. The largest absolute Gasteiger partial charge is 0.444 e. The zero-order chi connectivity index (χ0) is 18.6. The van der Waals surface area contributed by atoms with Crippen molar-refractivity contribution in [3.05, 3.63) is 34.9 Å². The summed E-state index contributed by atoms with van der Waals surface area (Å²) < 4.78 is 5.42. The minimum Gasteiger partial charge on any atom is -0.444 e. The zero-order valence-electron chi connectivity index (χ0n) is 15.4. The first kappa shape index (κ1) is 19.6. The zero-order valence-corrected chi connectivity index (χ0v) is 16.2.